The minimum atomic E-state index is -4.26. The molecule has 0 aromatic heterocycles. The molecule has 3 nitrogen and oxygen atoms in total. The quantitative estimate of drug-likeness (QED) is 0.479. The van der Waals surface area contributed by atoms with E-state index in [1.165, 1.54) is 6.07 Å². The fourth-order valence-corrected chi connectivity index (χ4v) is 1.78. The average molecular weight is 298 g/mol. The molecule has 0 unspecified atom stereocenters. The number of benzene rings is 1. The molecular formula is C11H14F4N2OS. The van der Waals surface area contributed by atoms with Gasteiger partial charge in [0, 0.05) is 24.4 Å². The molecule has 0 fully saturated rings. The van der Waals surface area contributed by atoms with Crippen molar-refractivity contribution in [1.29, 1.82) is 0 Å². The van der Waals surface area contributed by atoms with E-state index >= 15 is 0 Å². The number of hydrogen-bond donors (Lipinski definition) is 2. The van der Waals surface area contributed by atoms with E-state index < -0.39 is 11.3 Å². The van der Waals surface area contributed by atoms with Crippen LogP contribution in [0.15, 0.2) is 12.1 Å². The van der Waals surface area contributed by atoms with Gasteiger partial charge >= 0.3 is 5.51 Å². The standard InChI is InChI=1S/C11H14F4N2OS/c1-2-18-10-6-9(8(16)5-7(10)12)17-3-4-19-11(13,14)15/h5-6,17H,2-4,16H2,1H3. The van der Waals surface area contributed by atoms with Crippen LogP contribution >= 0.6 is 11.8 Å². The molecule has 0 amide bonds. The van der Waals surface area contributed by atoms with Gasteiger partial charge in [0.05, 0.1) is 18.0 Å². The molecular weight excluding hydrogens is 284 g/mol. The smallest absolute Gasteiger partial charge is 0.441 e. The maximum absolute atomic E-state index is 13.4. The molecule has 1 aromatic carbocycles. The highest BCUT2D eigenvalue weighted by Crippen LogP contribution is 2.31. The number of nitrogen functional groups attached to an aromatic ring is 1. The lowest BCUT2D eigenvalue weighted by atomic mass is 10.2. The number of alkyl halides is 3. The van der Waals surface area contributed by atoms with Gasteiger partial charge in [-0.2, -0.15) is 13.2 Å². The van der Waals surface area contributed by atoms with Crippen molar-refractivity contribution in [2.24, 2.45) is 0 Å². The highest BCUT2D eigenvalue weighted by atomic mass is 32.2. The Balaban J connectivity index is 2.60. The number of nitrogens with one attached hydrogen (secondary N) is 1. The monoisotopic (exact) mass is 298 g/mol. The number of anilines is 2. The zero-order valence-corrected chi connectivity index (χ0v) is 11.0. The second-order valence-corrected chi connectivity index (χ2v) is 4.68. The lowest BCUT2D eigenvalue weighted by molar-refractivity contribution is -0.0327. The Morgan fingerprint density at radius 2 is 2.05 bits per heavy atom. The fourth-order valence-electron chi connectivity index (χ4n) is 1.34. The number of thioether (sulfide) groups is 1. The van der Waals surface area contributed by atoms with Crippen LogP contribution in [0.25, 0.3) is 0 Å². The van der Waals surface area contributed by atoms with Crippen molar-refractivity contribution >= 4 is 23.1 Å². The van der Waals surface area contributed by atoms with E-state index in [9.17, 15) is 17.6 Å². The Kier molecular flexibility index (Phi) is 5.59. The molecule has 8 heteroatoms. The molecule has 0 bridgehead atoms. The first-order valence-electron chi connectivity index (χ1n) is 5.50. The Labute approximate surface area is 112 Å². The molecule has 0 atom stereocenters. The Morgan fingerprint density at radius 1 is 1.37 bits per heavy atom. The van der Waals surface area contributed by atoms with E-state index in [4.69, 9.17) is 10.5 Å². The summed E-state index contributed by atoms with van der Waals surface area (Å²) in [5.41, 5.74) is 1.79. The van der Waals surface area contributed by atoms with Crippen molar-refractivity contribution < 1.29 is 22.3 Å². The van der Waals surface area contributed by atoms with E-state index in [1.807, 2.05) is 0 Å². The molecule has 0 aliphatic carbocycles. The summed E-state index contributed by atoms with van der Waals surface area (Å²) in [6.45, 7) is 2.04. The molecule has 1 rings (SSSR count). The first-order chi connectivity index (χ1) is 8.83. The third-order valence-corrected chi connectivity index (χ3v) is 2.82. The topological polar surface area (TPSA) is 47.3 Å². The first kappa shape index (κ1) is 15.7. The van der Waals surface area contributed by atoms with Gasteiger partial charge in [-0.25, -0.2) is 4.39 Å². The third kappa shape index (κ3) is 5.46. The van der Waals surface area contributed by atoms with Crippen molar-refractivity contribution in [2.45, 2.75) is 12.4 Å². The number of nitrogens with two attached hydrogens (primary N) is 1. The van der Waals surface area contributed by atoms with Crippen LogP contribution in [0, 0.1) is 5.82 Å². The minimum Gasteiger partial charge on any atom is -0.491 e. The third-order valence-electron chi connectivity index (χ3n) is 2.09. The maximum Gasteiger partial charge on any atom is 0.441 e. The summed E-state index contributed by atoms with van der Waals surface area (Å²) in [7, 11) is 0. The largest absolute Gasteiger partial charge is 0.491 e. The van der Waals surface area contributed by atoms with Crippen LogP contribution in [0.4, 0.5) is 28.9 Å². The van der Waals surface area contributed by atoms with Gasteiger partial charge in [0.25, 0.3) is 0 Å². The lowest BCUT2D eigenvalue weighted by Crippen LogP contribution is -2.11. The predicted octanol–water partition coefficient (Wildman–Crippen LogP) is 3.47. The molecule has 0 aliphatic heterocycles. The van der Waals surface area contributed by atoms with Gasteiger partial charge in [-0.3, -0.25) is 0 Å². The van der Waals surface area contributed by atoms with Crippen LogP contribution in [0.3, 0.4) is 0 Å². The van der Waals surface area contributed by atoms with Crippen LogP contribution < -0.4 is 15.8 Å². The van der Waals surface area contributed by atoms with E-state index in [0.29, 0.717) is 5.69 Å². The van der Waals surface area contributed by atoms with E-state index in [0.717, 1.165) is 6.07 Å². The van der Waals surface area contributed by atoms with E-state index in [-0.39, 0.29) is 42.1 Å². The zero-order chi connectivity index (χ0) is 14.5. The van der Waals surface area contributed by atoms with Crippen molar-refractivity contribution in [3.8, 4) is 5.75 Å². The fraction of sp³-hybridized carbons (Fsp3) is 0.455. The molecule has 0 aliphatic rings. The van der Waals surface area contributed by atoms with Crippen LogP contribution in [0.2, 0.25) is 0 Å². The van der Waals surface area contributed by atoms with Gasteiger partial charge in [-0.05, 0) is 18.7 Å². The highest BCUT2D eigenvalue weighted by Gasteiger charge is 2.27. The number of hydrogen-bond acceptors (Lipinski definition) is 4. The van der Waals surface area contributed by atoms with Crippen molar-refractivity contribution in [2.75, 3.05) is 30.0 Å². The molecule has 1 aromatic rings. The maximum atomic E-state index is 13.4. The molecule has 0 saturated carbocycles. The Hall–Kier alpha value is -1.31. The number of ether oxygens (including phenoxy) is 1. The number of halogens is 4. The van der Waals surface area contributed by atoms with Crippen LogP contribution in [-0.2, 0) is 0 Å². The van der Waals surface area contributed by atoms with Crippen LogP contribution in [0.1, 0.15) is 6.92 Å². The van der Waals surface area contributed by atoms with Gasteiger partial charge in [0.15, 0.2) is 11.6 Å². The van der Waals surface area contributed by atoms with Gasteiger partial charge in [-0.1, -0.05) is 0 Å². The summed E-state index contributed by atoms with van der Waals surface area (Å²) >= 11 is -0.132. The Morgan fingerprint density at radius 3 is 2.63 bits per heavy atom. The normalized spacial score (nSPS) is 11.4. The summed E-state index contributed by atoms with van der Waals surface area (Å²) in [4.78, 5) is 0. The second kappa shape index (κ2) is 6.74. The predicted molar refractivity (Wildman–Crippen MR) is 69.0 cm³/mol. The van der Waals surface area contributed by atoms with Crippen LogP contribution in [0.5, 0.6) is 5.75 Å². The van der Waals surface area contributed by atoms with Crippen LogP contribution in [-0.4, -0.2) is 24.4 Å². The Bertz CT molecular complexity index is 426. The zero-order valence-electron chi connectivity index (χ0n) is 10.2. The lowest BCUT2D eigenvalue weighted by Gasteiger charge is -2.13. The van der Waals surface area contributed by atoms with Crippen molar-refractivity contribution in [3.63, 3.8) is 0 Å². The highest BCUT2D eigenvalue weighted by molar-refractivity contribution is 8.00. The van der Waals surface area contributed by atoms with E-state index in [1.54, 1.807) is 6.92 Å². The van der Waals surface area contributed by atoms with Crippen molar-refractivity contribution in [1.82, 2.24) is 0 Å². The van der Waals surface area contributed by atoms with Gasteiger partial charge in [0.1, 0.15) is 0 Å². The molecule has 0 heterocycles. The second-order valence-electron chi connectivity index (χ2n) is 3.52. The molecule has 0 radical (unpaired) electrons. The summed E-state index contributed by atoms with van der Waals surface area (Å²) in [6.07, 6.45) is 0. The SMILES string of the molecule is CCOc1cc(NCCSC(F)(F)F)c(N)cc1F. The number of rotatable bonds is 6. The summed E-state index contributed by atoms with van der Waals surface area (Å²) < 4.78 is 54.2. The van der Waals surface area contributed by atoms with E-state index in [2.05, 4.69) is 5.32 Å². The summed E-state index contributed by atoms with van der Waals surface area (Å²) in [5.74, 6) is -0.748. The van der Waals surface area contributed by atoms with Crippen molar-refractivity contribution in [3.05, 3.63) is 17.9 Å². The first-order valence-corrected chi connectivity index (χ1v) is 6.48. The molecule has 108 valence electrons. The minimum absolute atomic E-state index is 0.0164. The summed E-state index contributed by atoms with van der Waals surface area (Å²) in [6, 6.07) is 2.41. The molecule has 0 spiro atoms. The average Bonchev–Trinajstić information content (AvgIpc) is 2.28. The molecule has 3 N–H and O–H groups in total. The molecule has 0 saturated heterocycles. The molecule has 19 heavy (non-hydrogen) atoms. The van der Waals surface area contributed by atoms with Gasteiger partial charge in [0.2, 0.25) is 0 Å². The van der Waals surface area contributed by atoms with Gasteiger partial charge in [-0.15, -0.1) is 0 Å². The summed E-state index contributed by atoms with van der Waals surface area (Å²) in [5, 5.41) is 2.72. The van der Waals surface area contributed by atoms with Gasteiger partial charge < -0.3 is 15.8 Å².